The molecule has 0 spiro atoms. The van der Waals surface area contributed by atoms with E-state index in [4.69, 9.17) is 23.2 Å². The van der Waals surface area contributed by atoms with Crippen LogP contribution in [0, 0.1) is 6.92 Å². The third-order valence-electron chi connectivity index (χ3n) is 6.30. The molecule has 0 aliphatic heterocycles. The lowest BCUT2D eigenvalue weighted by molar-refractivity contribution is -0.141. The summed E-state index contributed by atoms with van der Waals surface area (Å²) in [4.78, 5) is 28.5. The highest BCUT2D eigenvalue weighted by Gasteiger charge is 2.30. The summed E-state index contributed by atoms with van der Waals surface area (Å²) in [5.41, 5.74) is 2.80. The number of hydrogen-bond donors (Lipinski definition) is 1. The van der Waals surface area contributed by atoms with Gasteiger partial charge in [0, 0.05) is 22.6 Å². The highest BCUT2D eigenvalue weighted by Crippen LogP contribution is 2.25. The van der Waals surface area contributed by atoms with Gasteiger partial charge in [-0.1, -0.05) is 79.7 Å². The molecule has 1 atom stereocenters. The van der Waals surface area contributed by atoms with Gasteiger partial charge in [-0.25, -0.2) is 0 Å². The molecular formula is C26H32Cl2N2O2. The molecule has 2 aromatic carbocycles. The van der Waals surface area contributed by atoms with Crippen molar-refractivity contribution in [2.75, 3.05) is 0 Å². The molecule has 4 nitrogen and oxygen atoms in total. The van der Waals surface area contributed by atoms with Crippen LogP contribution in [-0.4, -0.2) is 28.8 Å². The molecule has 3 rings (SSSR count). The van der Waals surface area contributed by atoms with Crippen LogP contribution in [0.4, 0.5) is 0 Å². The largest absolute Gasteiger partial charge is 0.352 e. The van der Waals surface area contributed by atoms with E-state index in [1.54, 1.807) is 17.0 Å². The van der Waals surface area contributed by atoms with Gasteiger partial charge in [0.2, 0.25) is 11.8 Å². The quantitative estimate of drug-likeness (QED) is 0.502. The number of hydrogen-bond acceptors (Lipinski definition) is 2. The summed E-state index contributed by atoms with van der Waals surface area (Å²) < 4.78 is 0. The van der Waals surface area contributed by atoms with E-state index in [1.165, 1.54) is 6.42 Å². The maximum absolute atomic E-state index is 13.5. The third kappa shape index (κ3) is 6.49. The molecule has 1 aliphatic carbocycles. The number of aryl methyl sites for hydroxylation is 1. The van der Waals surface area contributed by atoms with Gasteiger partial charge in [0.25, 0.3) is 0 Å². The van der Waals surface area contributed by atoms with Crippen molar-refractivity contribution in [3.05, 3.63) is 69.2 Å². The second-order valence-corrected chi connectivity index (χ2v) is 9.47. The summed E-state index contributed by atoms with van der Waals surface area (Å²) in [5.74, 6) is -0.168. The molecule has 2 aromatic rings. The van der Waals surface area contributed by atoms with Gasteiger partial charge in [-0.15, -0.1) is 0 Å². The monoisotopic (exact) mass is 474 g/mol. The van der Waals surface area contributed by atoms with Gasteiger partial charge >= 0.3 is 0 Å². The first-order valence-corrected chi connectivity index (χ1v) is 12.2. The molecule has 0 unspecified atom stereocenters. The first-order chi connectivity index (χ1) is 15.4. The smallest absolute Gasteiger partial charge is 0.243 e. The number of carbonyl (C=O) groups excluding carboxylic acids is 2. The average Bonchev–Trinajstić information content (AvgIpc) is 2.77. The number of nitrogens with zero attached hydrogens (tertiary/aromatic N) is 1. The van der Waals surface area contributed by atoms with E-state index >= 15 is 0 Å². The fourth-order valence-corrected chi connectivity index (χ4v) is 4.84. The van der Waals surface area contributed by atoms with Gasteiger partial charge in [0.15, 0.2) is 0 Å². The summed E-state index contributed by atoms with van der Waals surface area (Å²) >= 11 is 12.5. The molecule has 1 aliphatic rings. The lowest BCUT2D eigenvalue weighted by Gasteiger charge is -2.33. The Labute approximate surface area is 201 Å². The Morgan fingerprint density at radius 1 is 1.06 bits per heavy atom. The normalized spacial score (nSPS) is 15.2. The predicted molar refractivity (Wildman–Crippen MR) is 131 cm³/mol. The summed E-state index contributed by atoms with van der Waals surface area (Å²) in [6.45, 7) is 4.20. The number of rotatable bonds is 8. The van der Waals surface area contributed by atoms with Crippen LogP contribution in [0.1, 0.15) is 62.1 Å². The Balaban J connectivity index is 1.85. The topological polar surface area (TPSA) is 49.4 Å². The maximum Gasteiger partial charge on any atom is 0.243 e. The van der Waals surface area contributed by atoms with Gasteiger partial charge in [-0.05, 0) is 55.0 Å². The summed E-state index contributed by atoms with van der Waals surface area (Å²) in [7, 11) is 0. The molecule has 0 radical (unpaired) electrons. The average molecular weight is 475 g/mol. The Hall–Kier alpha value is -2.04. The minimum absolute atomic E-state index is 0.0809. The Kier molecular flexibility index (Phi) is 9.01. The molecule has 1 saturated carbocycles. The molecule has 1 fully saturated rings. The van der Waals surface area contributed by atoms with Crippen LogP contribution in [0.15, 0.2) is 42.5 Å². The van der Waals surface area contributed by atoms with E-state index < -0.39 is 6.04 Å². The summed E-state index contributed by atoms with van der Waals surface area (Å²) in [5, 5.41) is 4.24. The van der Waals surface area contributed by atoms with Gasteiger partial charge in [0.05, 0.1) is 6.42 Å². The van der Waals surface area contributed by atoms with Crippen molar-refractivity contribution < 1.29 is 9.59 Å². The van der Waals surface area contributed by atoms with E-state index in [2.05, 4.69) is 5.32 Å². The predicted octanol–water partition coefficient (Wildman–Crippen LogP) is 6.10. The van der Waals surface area contributed by atoms with Crippen molar-refractivity contribution in [2.45, 2.75) is 77.4 Å². The molecule has 6 heteroatoms. The number of benzene rings is 2. The zero-order valence-corrected chi connectivity index (χ0v) is 20.4. The summed E-state index contributed by atoms with van der Waals surface area (Å²) in [6.07, 6.45) is 6.27. The molecule has 0 saturated heterocycles. The fourth-order valence-electron chi connectivity index (χ4n) is 4.37. The van der Waals surface area contributed by atoms with Gasteiger partial charge in [0.1, 0.15) is 6.04 Å². The number of nitrogens with one attached hydrogen (secondary N) is 1. The molecular weight excluding hydrogens is 443 g/mol. The zero-order chi connectivity index (χ0) is 23.1. The molecule has 0 heterocycles. The number of amides is 2. The van der Waals surface area contributed by atoms with Crippen molar-refractivity contribution >= 4 is 35.0 Å². The fraction of sp³-hybridized carbons (Fsp3) is 0.462. The molecule has 0 bridgehead atoms. The molecule has 32 heavy (non-hydrogen) atoms. The minimum Gasteiger partial charge on any atom is -0.352 e. The van der Waals surface area contributed by atoms with Crippen LogP contribution < -0.4 is 5.32 Å². The lowest BCUT2D eigenvalue weighted by atomic mass is 9.95. The van der Waals surface area contributed by atoms with Crippen molar-refractivity contribution in [2.24, 2.45) is 0 Å². The standard InChI is InChI=1S/C26H32Cl2N2O2/c1-3-24(26(32)29-22-11-5-4-6-12-22)30(17-20-13-14-21(27)16-23(20)28)25(31)15-19-10-8-7-9-18(19)2/h7-10,13-14,16,22,24H,3-6,11-12,15,17H2,1-2H3,(H,29,32)/t24-/m1/s1. The van der Waals surface area contributed by atoms with Crippen molar-refractivity contribution in [3.8, 4) is 0 Å². The Morgan fingerprint density at radius 3 is 2.44 bits per heavy atom. The van der Waals surface area contributed by atoms with E-state index in [-0.39, 0.29) is 30.8 Å². The van der Waals surface area contributed by atoms with Crippen molar-refractivity contribution in [1.82, 2.24) is 10.2 Å². The minimum atomic E-state index is -0.555. The second-order valence-electron chi connectivity index (χ2n) is 8.63. The Morgan fingerprint density at radius 2 is 1.78 bits per heavy atom. The maximum atomic E-state index is 13.5. The van der Waals surface area contributed by atoms with Gasteiger partial charge in [-0.3, -0.25) is 9.59 Å². The van der Waals surface area contributed by atoms with Crippen molar-refractivity contribution in [1.29, 1.82) is 0 Å². The van der Waals surface area contributed by atoms with E-state index in [1.807, 2.05) is 44.2 Å². The Bertz CT molecular complexity index is 941. The number of halogens is 2. The van der Waals surface area contributed by atoms with Crippen LogP contribution in [0.2, 0.25) is 10.0 Å². The van der Waals surface area contributed by atoms with Crippen molar-refractivity contribution in [3.63, 3.8) is 0 Å². The van der Waals surface area contributed by atoms with E-state index in [0.29, 0.717) is 16.5 Å². The SMILES string of the molecule is CC[C@H](C(=O)NC1CCCCC1)N(Cc1ccc(Cl)cc1Cl)C(=O)Cc1ccccc1C. The zero-order valence-electron chi connectivity index (χ0n) is 18.9. The first-order valence-electron chi connectivity index (χ1n) is 11.5. The van der Waals surface area contributed by atoms with Gasteiger partial charge < -0.3 is 10.2 Å². The summed E-state index contributed by atoms with van der Waals surface area (Å²) in [6, 6.07) is 12.7. The van der Waals surface area contributed by atoms with Crippen LogP contribution in [0.5, 0.6) is 0 Å². The highest BCUT2D eigenvalue weighted by molar-refractivity contribution is 6.35. The van der Waals surface area contributed by atoms with Crippen LogP contribution in [-0.2, 0) is 22.6 Å². The second kappa shape index (κ2) is 11.7. The van der Waals surface area contributed by atoms with E-state index in [0.717, 1.165) is 42.4 Å². The van der Waals surface area contributed by atoms with Crippen LogP contribution in [0.25, 0.3) is 0 Å². The molecule has 0 aromatic heterocycles. The molecule has 172 valence electrons. The number of carbonyl (C=O) groups is 2. The van der Waals surface area contributed by atoms with Crippen LogP contribution in [0.3, 0.4) is 0 Å². The first kappa shape index (κ1) is 24.6. The highest BCUT2D eigenvalue weighted by atomic mass is 35.5. The molecule has 1 N–H and O–H groups in total. The van der Waals surface area contributed by atoms with Gasteiger partial charge in [-0.2, -0.15) is 0 Å². The third-order valence-corrected chi connectivity index (χ3v) is 6.88. The van der Waals surface area contributed by atoms with E-state index in [9.17, 15) is 9.59 Å². The van der Waals surface area contributed by atoms with Crippen LogP contribution >= 0.6 is 23.2 Å². The lowest BCUT2D eigenvalue weighted by Crippen LogP contribution is -2.52. The molecule has 2 amide bonds.